The number of amides is 6. The molecule has 1 fully saturated rings. The second kappa shape index (κ2) is 17.4. The number of carbonyl (C=O) groups excluding carboxylic acids is 5. The summed E-state index contributed by atoms with van der Waals surface area (Å²) in [5, 5.41) is 8.17. The van der Waals surface area contributed by atoms with Gasteiger partial charge in [-0.3, -0.25) is 29.4 Å². The molecule has 4 N–H and O–H groups in total. The zero-order chi connectivity index (χ0) is 40.1. The summed E-state index contributed by atoms with van der Waals surface area (Å²) in [6, 6.07) is 11.1. The van der Waals surface area contributed by atoms with E-state index in [0.29, 0.717) is 12.3 Å². The summed E-state index contributed by atoms with van der Waals surface area (Å²) in [5.74, 6) is -2.33. The first-order valence-corrected chi connectivity index (χ1v) is 20.6. The number of imide groups is 2. The van der Waals surface area contributed by atoms with Crippen LogP contribution in [0.3, 0.4) is 0 Å². The van der Waals surface area contributed by atoms with Gasteiger partial charge in [-0.15, -0.1) is 0 Å². The quantitative estimate of drug-likeness (QED) is 0.0880. The van der Waals surface area contributed by atoms with Crippen LogP contribution in [0.1, 0.15) is 75.6 Å². The number of piperidine rings is 1. The molecule has 1 saturated heterocycles. The summed E-state index contributed by atoms with van der Waals surface area (Å²) in [5.41, 5.74) is 5.95. The van der Waals surface area contributed by atoms with Crippen molar-refractivity contribution in [3.63, 3.8) is 0 Å². The lowest BCUT2D eigenvalue weighted by molar-refractivity contribution is -0.136. The van der Waals surface area contributed by atoms with Crippen LogP contribution in [0.2, 0.25) is 0 Å². The minimum Gasteiger partial charge on any atom is -0.490 e. The highest BCUT2D eigenvalue weighted by Crippen LogP contribution is 2.39. The summed E-state index contributed by atoms with van der Waals surface area (Å²) in [4.78, 5) is 64.6. The van der Waals surface area contributed by atoms with E-state index in [0.717, 1.165) is 60.2 Å². The molecule has 2 aliphatic carbocycles. The van der Waals surface area contributed by atoms with Gasteiger partial charge in [0.25, 0.3) is 21.8 Å². The van der Waals surface area contributed by atoms with Crippen LogP contribution in [0.25, 0.3) is 0 Å². The van der Waals surface area contributed by atoms with E-state index in [2.05, 4.69) is 26.7 Å². The molecule has 7 rings (SSSR count). The molecule has 302 valence electrons. The molecule has 2 heterocycles. The van der Waals surface area contributed by atoms with E-state index in [-0.39, 0.29) is 67.6 Å². The Balaban J connectivity index is 0.864. The fraction of sp³-hybridized carbons (Fsp3) is 0.425. The Morgan fingerprint density at radius 2 is 1.60 bits per heavy atom. The molecule has 3 aromatic carbocycles. The van der Waals surface area contributed by atoms with E-state index in [4.69, 9.17) is 18.9 Å². The number of aryl methyl sites for hydroxylation is 2. The van der Waals surface area contributed by atoms with Crippen LogP contribution in [0.4, 0.5) is 16.2 Å². The Labute approximate surface area is 330 Å². The molecule has 6 amide bonds. The summed E-state index contributed by atoms with van der Waals surface area (Å²) < 4.78 is 51.8. The van der Waals surface area contributed by atoms with Crippen LogP contribution in [-0.2, 0) is 59.5 Å². The zero-order valence-corrected chi connectivity index (χ0v) is 32.3. The molecule has 3 aromatic rings. The van der Waals surface area contributed by atoms with Crippen LogP contribution in [-0.4, -0.2) is 94.9 Å². The maximum Gasteiger partial charge on any atom is 0.333 e. The number of para-hydroxylation sites is 1. The largest absolute Gasteiger partial charge is 0.490 e. The molecule has 0 bridgehead atoms. The van der Waals surface area contributed by atoms with E-state index in [9.17, 15) is 32.4 Å². The van der Waals surface area contributed by atoms with Gasteiger partial charge in [0.1, 0.15) is 23.3 Å². The third kappa shape index (κ3) is 8.66. The zero-order valence-electron chi connectivity index (χ0n) is 31.5. The van der Waals surface area contributed by atoms with E-state index < -0.39 is 52.0 Å². The summed E-state index contributed by atoms with van der Waals surface area (Å²) in [6.07, 6.45) is 4.96. The standard InChI is InChI=1S/C40H45N5O11S/c1-2-55-34(41-29-13-7-12-28-35(29)39(49)45(38(28)48)30-16-17-33(46)42-37(30)47)23-54-19-18-53-20-21-56-31-14-3-4-15-32(31)57(51,52)44-40(50)43-36-26-10-5-8-24(26)22-25-9-6-11-27(25)36/h3-4,7,12-15,22,30,34,41H,2,5-6,8-11,16-21,23H2,1H3,(H,42,46,47)(H2,43,44,50). The molecule has 0 saturated carbocycles. The number of carbonyl (C=O) groups is 5. The van der Waals surface area contributed by atoms with Crippen molar-refractivity contribution in [2.45, 2.75) is 75.5 Å². The second-order valence-electron chi connectivity index (χ2n) is 14.0. The maximum absolute atomic E-state index is 13.5. The molecule has 2 unspecified atom stereocenters. The van der Waals surface area contributed by atoms with Crippen molar-refractivity contribution in [3.05, 3.63) is 81.9 Å². The highest BCUT2D eigenvalue weighted by atomic mass is 32.2. The molecule has 2 atom stereocenters. The lowest BCUT2D eigenvalue weighted by Gasteiger charge is -2.28. The number of nitrogens with zero attached hydrogens (tertiary/aromatic N) is 1. The van der Waals surface area contributed by atoms with Crippen molar-refractivity contribution in [1.29, 1.82) is 0 Å². The van der Waals surface area contributed by atoms with Crippen LogP contribution in [0, 0.1) is 0 Å². The number of nitrogens with one attached hydrogen (secondary N) is 4. The highest BCUT2D eigenvalue weighted by molar-refractivity contribution is 7.90. The molecular weight excluding hydrogens is 759 g/mol. The van der Waals surface area contributed by atoms with E-state index in [1.54, 1.807) is 31.2 Å². The van der Waals surface area contributed by atoms with Crippen LogP contribution in [0.15, 0.2) is 53.4 Å². The summed E-state index contributed by atoms with van der Waals surface area (Å²) in [7, 11) is -4.28. The fourth-order valence-corrected chi connectivity index (χ4v) is 8.89. The van der Waals surface area contributed by atoms with E-state index in [1.807, 2.05) is 0 Å². The van der Waals surface area contributed by atoms with Crippen LogP contribution >= 0.6 is 0 Å². The normalized spacial score (nSPS) is 17.8. The fourth-order valence-electron chi connectivity index (χ4n) is 7.84. The number of hydrogen-bond donors (Lipinski definition) is 4. The van der Waals surface area contributed by atoms with Gasteiger partial charge in [-0.25, -0.2) is 17.9 Å². The van der Waals surface area contributed by atoms with Gasteiger partial charge in [-0.1, -0.05) is 24.3 Å². The molecule has 0 radical (unpaired) electrons. The molecule has 57 heavy (non-hydrogen) atoms. The van der Waals surface area contributed by atoms with Gasteiger partial charge in [-0.05, 0) is 98.4 Å². The van der Waals surface area contributed by atoms with Crippen LogP contribution in [0.5, 0.6) is 5.75 Å². The van der Waals surface area contributed by atoms with Gasteiger partial charge < -0.3 is 29.6 Å². The third-order valence-corrected chi connectivity index (χ3v) is 11.7. The Morgan fingerprint density at radius 3 is 2.33 bits per heavy atom. The SMILES string of the molecule is CCOC(COCCOCCOc1ccccc1S(=O)(=O)NC(=O)Nc1c2c(cc3c1CCC3)CCC2)Nc1cccc2c1C(=O)N(C1CCC(=O)NC1=O)C2=O. The smallest absolute Gasteiger partial charge is 0.333 e. The Kier molecular flexibility index (Phi) is 12.2. The Bertz CT molecular complexity index is 2160. The van der Waals surface area contributed by atoms with E-state index in [1.165, 1.54) is 29.3 Å². The number of fused-ring (bicyclic) bond motifs is 3. The second-order valence-corrected chi connectivity index (χ2v) is 15.7. The topological polar surface area (TPSA) is 208 Å². The van der Waals surface area contributed by atoms with Gasteiger partial charge in [0, 0.05) is 24.4 Å². The van der Waals surface area contributed by atoms with Gasteiger partial charge in [-0.2, -0.15) is 0 Å². The monoisotopic (exact) mass is 803 g/mol. The minimum absolute atomic E-state index is 0.0185. The average molecular weight is 804 g/mol. The maximum atomic E-state index is 13.5. The van der Waals surface area contributed by atoms with E-state index >= 15 is 0 Å². The summed E-state index contributed by atoms with van der Waals surface area (Å²) in [6.45, 7) is 2.62. The van der Waals surface area contributed by atoms with Gasteiger partial charge >= 0.3 is 6.03 Å². The van der Waals surface area contributed by atoms with Crippen molar-refractivity contribution in [3.8, 4) is 5.75 Å². The molecular formula is C40H45N5O11S. The van der Waals surface area contributed by atoms with Gasteiger partial charge in [0.05, 0.1) is 37.6 Å². The molecule has 0 aromatic heterocycles. The predicted molar refractivity (Wildman–Crippen MR) is 206 cm³/mol. The van der Waals surface area contributed by atoms with Crippen molar-refractivity contribution >= 4 is 51.1 Å². The van der Waals surface area contributed by atoms with Crippen molar-refractivity contribution in [1.82, 2.24) is 14.9 Å². The Morgan fingerprint density at radius 1 is 0.877 bits per heavy atom. The number of ether oxygens (including phenoxy) is 4. The van der Waals surface area contributed by atoms with Crippen molar-refractivity contribution in [2.24, 2.45) is 0 Å². The van der Waals surface area contributed by atoms with Crippen molar-refractivity contribution in [2.75, 3.05) is 50.3 Å². The molecule has 2 aliphatic heterocycles. The number of rotatable bonds is 17. The molecule has 0 spiro atoms. The first-order chi connectivity index (χ1) is 27.6. The number of sulfonamides is 1. The molecule has 4 aliphatic rings. The number of hydrogen-bond acceptors (Lipinski definition) is 12. The predicted octanol–water partition coefficient (Wildman–Crippen LogP) is 3.46. The number of urea groups is 1. The highest BCUT2D eigenvalue weighted by Gasteiger charge is 2.45. The number of benzene rings is 3. The first-order valence-electron chi connectivity index (χ1n) is 19.2. The first kappa shape index (κ1) is 39.9. The lowest BCUT2D eigenvalue weighted by Crippen LogP contribution is -2.54. The molecule has 17 heteroatoms. The number of anilines is 2. The average Bonchev–Trinajstić information content (AvgIpc) is 3.92. The van der Waals surface area contributed by atoms with Crippen LogP contribution < -0.4 is 25.4 Å². The third-order valence-electron chi connectivity index (χ3n) is 10.4. The van der Waals surface area contributed by atoms with Crippen molar-refractivity contribution < 1.29 is 51.3 Å². The Hall–Kier alpha value is -5.36. The molecule has 16 nitrogen and oxygen atoms in total. The van der Waals surface area contributed by atoms with Gasteiger partial charge in [0.2, 0.25) is 11.8 Å². The minimum atomic E-state index is -4.28. The van der Waals surface area contributed by atoms with Gasteiger partial charge in [0.15, 0.2) is 6.23 Å². The lowest BCUT2D eigenvalue weighted by atomic mass is 9.99. The summed E-state index contributed by atoms with van der Waals surface area (Å²) >= 11 is 0.